The molecule has 0 aliphatic carbocycles. The van der Waals surface area contributed by atoms with Crippen LogP contribution in [0.25, 0.3) is 11.4 Å². The Kier molecular flexibility index (Phi) is 3.16. The first-order chi connectivity index (χ1) is 7.79. The largest absolute Gasteiger partial charge is 0.399 e. The van der Waals surface area contributed by atoms with Crippen LogP contribution in [-0.2, 0) is 11.5 Å². The summed E-state index contributed by atoms with van der Waals surface area (Å²) >= 11 is 0. The standard InChI is InChI=1S/C11H14N4O/c1-2-16-8-15-7-13-11(14-15)9-3-5-10(12)6-4-9/h3-7H,2,8,12H2,1H3. The van der Waals surface area contributed by atoms with Crippen LogP contribution in [0, 0.1) is 0 Å². The SMILES string of the molecule is CCOCn1cnc(-c2ccc(N)cc2)n1. The highest BCUT2D eigenvalue weighted by Gasteiger charge is 2.03. The first-order valence-electron chi connectivity index (χ1n) is 5.12. The van der Waals surface area contributed by atoms with Gasteiger partial charge < -0.3 is 10.5 Å². The van der Waals surface area contributed by atoms with Gasteiger partial charge in [-0.15, -0.1) is 5.10 Å². The number of aromatic nitrogens is 3. The van der Waals surface area contributed by atoms with Crippen molar-refractivity contribution in [1.82, 2.24) is 14.8 Å². The lowest BCUT2D eigenvalue weighted by Gasteiger charge is -1.99. The van der Waals surface area contributed by atoms with Gasteiger partial charge in [0.15, 0.2) is 5.82 Å². The third-order valence-corrected chi connectivity index (χ3v) is 2.13. The number of ether oxygens (including phenoxy) is 1. The number of anilines is 1. The Bertz CT molecular complexity index is 449. The molecule has 5 heteroatoms. The fourth-order valence-electron chi connectivity index (χ4n) is 1.31. The van der Waals surface area contributed by atoms with Crippen molar-refractivity contribution in [2.45, 2.75) is 13.7 Å². The van der Waals surface area contributed by atoms with E-state index in [-0.39, 0.29) is 0 Å². The number of benzene rings is 1. The van der Waals surface area contributed by atoms with Crippen LogP contribution in [0.1, 0.15) is 6.92 Å². The van der Waals surface area contributed by atoms with Crippen LogP contribution in [0.4, 0.5) is 5.69 Å². The highest BCUT2D eigenvalue weighted by Crippen LogP contribution is 2.15. The monoisotopic (exact) mass is 218 g/mol. The van der Waals surface area contributed by atoms with Gasteiger partial charge in [-0.25, -0.2) is 9.67 Å². The van der Waals surface area contributed by atoms with Crippen molar-refractivity contribution in [3.05, 3.63) is 30.6 Å². The molecular weight excluding hydrogens is 204 g/mol. The first kappa shape index (κ1) is 10.6. The summed E-state index contributed by atoms with van der Waals surface area (Å²) in [6.07, 6.45) is 1.65. The van der Waals surface area contributed by atoms with Crippen molar-refractivity contribution in [2.24, 2.45) is 0 Å². The molecule has 1 aromatic carbocycles. The minimum Gasteiger partial charge on any atom is -0.399 e. The molecule has 0 aliphatic heterocycles. The van der Waals surface area contributed by atoms with Gasteiger partial charge in [-0.3, -0.25) is 0 Å². The van der Waals surface area contributed by atoms with Crippen LogP contribution in [0.5, 0.6) is 0 Å². The van der Waals surface area contributed by atoms with E-state index in [2.05, 4.69) is 10.1 Å². The predicted molar refractivity (Wildman–Crippen MR) is 61.5 cm³/mol. The Morgan fingerprint density at radius 1 is 1.31 bits per heavy atom. The van der Waals surface area contributed by atoms with Crippen molar-refractivity contribution in [3.63, 3.8) is 0 Å². The van der Waals surface area contributed by atoms with Gasteiger partial charge in [0.05, 0.1) is 0 Å². The third-order valence-electron chi connectivity index (χ3n) is 2.13. The second-order valence-electron chi connectivity index (χ2n) is 3.35. The smallest absolute Gasteiger partial charge is 0.181 e. The van der Waals surface area contributed by atoms with Gasteiger partial charge in [0.2, 0.25) is 0 Å². The van der Waals surface area contributed by atoms with Crippen molar-refractivity contribution < 1.29 is 4.74 Å². The predicted octanol–water partition coefficient (Wildman–Crippen LogP) is 1.52. The Balaban J connectivity index is 2.15. The van der Waals surface area contributed by atoms with Crippen LogP contribution in [0.2, 0.25) is 0 Å². The molecule has 0 spiro atoms. The van der Waals surface area contributed by atoms with Crippen LogP contribution in [-0.4, -0.2) is 21.4 Å². The molecular formula is C11H14N4O. The fourth-order valence-corrected chi connectivity index (χ4v) is 1.31. The lowest BCUT2D eigenvalue weighted by molar-refractivity contribution is 0.0790. The zero-order chi connectivity index (χ0) is 11.4. The van der Waals surface area contributed by atoms with E-state index >= 15 is 0 Å². The second kappa shape index (κ2) is 4.76. The average Bonchev–Trinajstić information content (AvgIpc) is 2.76. The molecule has 0 radical (unpaired) electrons. The van der Waals surface area contributed by atoms with Gasteiger partial charge in [0.1, 0.15) is 13.1 Å². The van der Waals surface area contributed by atoms with E-state index < -0.39 is 0 Å². The molecule has 0 saturated heterocycles. The number of nitrogens with two attached hydrogens (primary N) is 1. The molecule has 2 aromatic rings. The van der Waals surface area contributed by atoms with Crippen LogP contribution >= 0.6 is 0 Å². The van der Waals surface area contributed by atoms with E-state index in [1.165, 1.54) is 0 Å². The molecule has 16 heavy (non-hydrogen) atoms. The van der Waals surface area contributed by atoms with Gasteiger partial charge in [-0.1, -0.05) is 0 Å². The highest BCUT2D eigenvalue weighted by atomic mass is 16.5. The summed E-state index contributed by atoms with van der Waals surface area (Å²) in [6.45, 7) is 3.04. The molecule has 0 amide bonds. The fraction of sp³-hybridized carbons (Fsp3) is 0.273. The average molecular weight is 218 g/mol. The number of rotatable bonds is 4. The summed E-state index contributed by atoms with van der Waals surface area (Å²) < 4.78 is 6.89. The van der Waals surface area contributed by atoms with Crippen LogP contribution in [0.3, 0.4) is 0 Å². The number of nitrogen functional groups attached to an aromatic ring is 1. The molecule has 0 fully saturated rings. The van der Waals surface area contributed by atoms with E-state index in [1.54, 1.807) is 11.0 Å². The summed E-state index contributed by atoms with van der Waals surface area (Å²) in [6, 6.07) is 7.46. The van der Waals surface area contributed by atoms with Crippen LogP contribution < -0.4 is 5.73 Å². The summed E-state index contributed by atoms with van der Waals surface area (Å²) in [7, 11) is 0. The van der Waals surface area contributed by atoms with Gasteiger partial charge >= 0.3 is 0 Å². The topological polar surface area (TPSA) is 66.0 Å². The maximum absolute atomic E-state index is 5.61. The van der Waals surface area contributed by atoms with E-state index in [4.69, 9.17) is 10.5 Å². The van der Waals surface area contributed by atoms with E-state index in [1.807, 2.05) is 31.2 Å². The minimum absolute atomic E-state index is 0.429. The molecule has 1 heterocycles. The molecule has 0 aliphatic rings. The highest BCUT2D eigenvalue weighted by molar-refractivity contribution is 5.57. The maximum Gasteiger partial charge on any atom is 0.181 e. The summed E-state index contributed by atoms with van der Waals surface area (Å²) in [5.41, 5.74) is 7.29. The Hall–Kier alpha value is -1.88. The molecule has 2 rings (SSSR count). The third kappa shape index (κ3) is 2.38. The van der Waals surface area contributed by atoms with Crippen molar-refractivity contribution in [1.29, 1.82) is 0 Å². The zero-order valence-electron chi connectivity index (χ0n) is 9.13. The number of hydrogen-bond acceptors (Lipinski definition) is 4. The lowest BCUT2D eigenvalue weighted by Crippen LogP contribution is -2.02. The quantitative estimate of drug-likeness (QED) is 0.790. The van der Waals surface area contributed by atoms with E-state index in [0.29, 0.717) is 19.2 Å². The van der Waals surface area contributed by atoms with Crippen LogP contribution in [0.15, 0.2) is 30.6 Å². The Morgan fingerprint density at radius 2 is 2.06 bits per heavy atom. The number of hydrogen-bond donors (Lipinski definition) is 1. The second-order valence-corrected chi connectivity index (χ2v) is 3.35. The van der Waals surface area contributed by atoms with Gasteiger partial charge in [0.25, 0.3) is 0 Å². The summed E-state index contributed by atoms with van der Waals surface area (Å²) in [5.74, 6) is 0.680. The molecule has 0 saturated carbocycles. The van der Waals surface area contributed by atoms with Gasteiger partial charge in [-0.2, -0.15) is 0 Å². The first-order valence-corrected chi connectivity index (χ1v) is 5.12. The molecule has 0 bridgehead atoms. The van der Waals surface area contributed by atoms with Gasteiger partial charge in [0, 0.05) is 17.9 Å². The maximum atomic E-state index is 5.61. The van der Waals surface area contributed by atoms with E-state index in [9.17, 15) is 0 Å². The summed E-state index contributed by atoms with van der Waals surface area (Å²) in [4.78, 5) is 4.20. The molecule has 1 aromatic heterocycles. The van der Waals surface area contributed by atoms with Gasteiger partial charge in [-0.05, 0) is 31.2 Å². The molecule has 0 unspecified atom stereocenters. The number of nitrogens with zero attached hydrogens (tertiary/aromatic N) is 3. The summed E-state index contributed by atoms with van der Waals surface area (Å²) in [5, 5.41) is 4.29. The molecule has 0 atom stereocenters. The molecule has 84 valence electrons. The van der Waals surface area contributed by atoms with Crippen molar-refractivity contribution >= 4 is 5.69 Å². The molecule has 5 nitrogen and oxygen atoms in total. The normalized spacial score (nSPS) is 10.6. The zero-order valence-corrected chi connectivity index (χ0v) is 9.13. The van der Waals surface area contributed by atoms with Crippen molar-refractivity contribution in [2.75, 3.05) is 12.3 Å². The Labute approximate surface area is 93.9 Å². The molecule has 2 N–H and O–H groups in total. The Morgan fingerprint density at radius 3 is 2.75 bits per heavy atom. The lowest BCUT2D eigenvalue weighted by atomic mass is 10.2. The van der Waals surface area contributed by atoms with Crippen molar-refractivity contribution in [3.8, 4) is 11.4 Å². The minimum atomic E-state index is 0.429. The van der Waals surface area contributed by atoms with E-state index in [0.717, 1.165) is 11.3 Å².